The van der Waals surface area contributed by atoms with E-state index >= 15 is 0 Å². The number of aliphatic hydroxyl groups is 1. The Morgan fingerprint density at radius 1 is 1.31 bits per heavy atom. The van der Waals surface area contributed by atoms with Gasteiger partial charge in [0.2, 0.25) is 0 Å². The van der Waals surface area contributed by atoms with Gasteiger partial charge >= 0.3 is 0 Å². The Morgan fingerprint density at radius 3 is 2.69 bits per heavy atom. The Kier molecular flexibility index (Phi) is 6.30. The van der Waals surface area contributed by atoms with Gasteiger partial charge in [0.05, 0.1) is 12.3 Å². The van der Waals surface area contributed by atoms with Crippen molar-refractivity contribution in [3.63, 3.8) is 0 Å². The first kappa shape index (κ1) is 13.4. The summed E-state index contributed by atoms with van der Waals surface area (Å²) >= 11 is 5.67. The summed E-state index contributed by atoms with van der Waals surface area (Å²) in [5.41, 5.74) is 0.883. The lowest BCUT2D eigenvalue weighted by Gasteiger charge is -2.20. The number of hydrogen-bond acceptors (Lipinski definition) is 4. The van der Waals surface area contributed by atoms with Gasteiger partial charge in [-0.1, -0.05) is 24.9 Å². The Hall–Kier alpha value is -0.710. The molecule has 0 aliphatic heterocycles. The van der Waals surface area contributed by atoms with Crippen LogP contribution in [0, 0.1) is 0 Å². The molecule has 1 aromatic heterocycles. The summed E-state index contributed by atoms with van der Waals surface area (Å²) in [5.74, 6) is 0. The van der Waals surface area contributed by atoms with Crippen LogP contribution in [0.5, 0.6) is 0 Å². The molecule has 90 valence electrons. The molecule has 1 heterocycles. The third-order valence-corrected chi connectivity index (χ3v) is 2.52. The third kappa shape index (κ3) is 4.88. The van der Waals surface area contributed by atoms with Crippen molar-refractivity contribution >= 4 is 11.6 Å². The first-order valence-corrected chi connectivity index (χ1v) is 5.95. The van der Waals surface area contributed by atoms with Gasteiger partial charge in [-0.15, -0.1) is 5.10 Å². The average molecular weight is 244 g/mol. The van der Waals surface area contributed by atoms with Crippen molar-refractivity contribution in [2.45, 2.75) is 26.3 Å². The number of rotatable bonds is 7. The Labute approximate surface area is 101 Å². The first-order chi connectivity index (χ1) is 7.76. The van der Waals surface area contributed by atoms with Crippen LogP contribution in [0.3, 0.4) is 0 Å². The first-order valence-electron chi connectivity index (χ1n) is 5.57. The maximum atomic E-state index is 8.96. The van der Waals surface area contributed by atoms with Crippen LogP contribution in [0.25, 0.3) is 0 Å². The van der Waals surface area contributed by atoms with Crippen LogP contribution in [0.4, 0.5) is 0 Å². The van der Waals surface area contributed by atoms with Crippen LogP contribution in [-0.2, 0) is 6.54 Å². The standard InChI is InChI=1S/C11H18ClN3O/c1-2-3-6-15(7-8-16)9-10-4-5-11(12)14-13-10/h4-5,16H,2-3,6-9H2,1H3. The van der Waals surface area contributed by atoms with Gasteiger partial charge < -0.3 is 5.11 Å². The van der Waals surface area contributed by atoms with Crippen molar-refractivity contribution in [1.82, 2.24) is 15.1 Å². The Balaban J connectivity index is 2.49. The zero-order valence-electron chi connectivity index (χ0n) is 9.56. The van der Waals surface area contributed by atoms with Crippen molar-refractivity contribution < 1.29 is 5.11 Å². The molecule has 0 radical (unpaired) electrons. The van der Waals surface area contributed by atoms with Crippen molar-refractivity contribution in [2.24, 2.45) is 0 Å². The summed E-state index contributed by atoms with van der Waals surface area (Å²) < 4.78 is 0. The second-order valence-electron chi connectivity index (χ2n) is 3.70. The van der Waals surface area contributed by atoms with E-state index in [1.807, 2.05) is 6.07 Å². The number of halogens is 1. The molecule has 4 nitrogen and oxygen atoms in total. The summed E-state index contributed by atoms with van der Waals surface area (Å²) in [7, 11) is 0. The molecule has 1 aromatic rings. The van der Waals surface area contributed by atoms with E-state index in [2.05, 4.69) is 22.0 Å². The van der Waals surface area contributed by atoms with Gasteiger partial charge in [0, 0.05) is 13.1 Å². The second-order valence-corrected chi connectivity index (χ2v) is 4.09. The number of unbranched alkanes of at least 4 members (excludes halogenated alkanes) is 1. The monoisotopic (exact) mass is 243 g/mol. The largest absolute Gasteiger partial charge is 0.395 e. The number of aromatic nitrogens is 2. The maximum absolute atomic E-state index is 8.96. The summed E-state index contributed by atoms with van der Waals surface area (Å²) in [4.78, 5) is 2.17. The van der Waals surface area contributed by atoms with E-state index in [1.54, 1.807) is 6.07 Å². The van der Waals surface area contributed by atoms with E-state index < -0.39 is 0 Å². The lowest BCUT2D eigenvalue weighted by Crippen LogP contribution is -2.28. The number of aliphatic hydroxyl groups excluding tert-OH is 1. The van der Waals surface area contributed by atoms with Crippen molar-refractivity contribution in [1.29, 1.82) is 0 Å². The minimum absolute atomic E-state index is 0.171. The fourth-order valence-electron chi connectivity index (χ4n) is 1.45. The summed E-state index contributed by atoms with van der Waals surface area (Å²) in [6, 6.07) is 3.60. The molecule has 0 aliphatic carbocycles. The van der Waals surface area contributed by atoms with Gasteiger partial charge in [0.25, 0.3) is 0 Å². The highest BCUT2D eigenvalue weighted by Crippen LogP contribution is 2.06. The highest BCUT2D eigenvalue weighted by Gasteiger charge is 2.06. The van der Waals surface area contributed by atoms with E-state index in [9.17, 15) is 0 Å². The van der Waals surface area contributed by atoms with Gasteiger partial charge in [0.1, 0.15) is 0 Å². The fourth-order valence-corrected chi connectivity index (χ4v) is 1.55. The molecule has 0 spiro atoms. The van der Waals surface area contributed by atoms with Crippen molar-refractivity contribution in [3.05, 3.63) is 23.0 Å². The Bertz CT molecular complexity index is 292. The Morgan fingerprint density at radius 2 is 2.12 bits per heavy atom. The normalized spacial score (nSPS) is 11.0. The molecule has 0 amide bonds. The zero-order chi connectivity index (χ0) is 11.8. The van der Waals surface area contributed by atoms with Crippen molar-refractivity contribution in [2.75, 3.05) is 19.7 Å². The molecular weight excluding hydrogens is 226 g/mol. The molecular formula is C11H18ClN3O. The van der Waals surface area contributed by atoms with E-state index in [0.717, 1.165) is 25.1 Å². The van der Waals surface area contributed by atoms with E-state index in [0.29, 0.717) is 18.2 Å². The molecule has 0 unspecified atom stereocenters. The minimum Gasteiger partial charge on any atom is -0.395 e. The summed E-state index contributed by atoms with van der Waals surface area (Å²) in [6.45, 7) is 4.68. The van der Waals surface area contributed by atoms with Gasteiger partial charge in [-0.05, 0) is 25.1 Å². The molecule has 0 atom stereocenters. The smallest absolute Gasteiger partial charge is 0.151 e. The molecule has 0 bridgehead atoms. The molecule has 0 fully saturated rings. The predicted molar refractivity (Wildman–Crippen MR) is 64.3 cm³/mol. The van der Waals surface area contributed by atoms with Crippen LogP contribution in [0.15, 0.2) is 12.1 Å². The van der Waals surface area contributed by atoms with Crippen LogP contribution in [-0.4, -0.2) is 39.9 Å². The van der Waals surface area contributed by atoms with Crippen LogP contribution >= 0.6 is 11.6 Å². The summed E-state index contributed by atoms with van der Waals surface area (Å²) in [6.07, 6.45) is 2.27. The lowest BCUT2D eigenvalue weighted by atomic mass is 10.3. The molecule has 0 saturated carbocycles. The number of hydrogen-bond donors (Lipinski definition) is 1. The maximum Gasteiger partial charge on any atom is 0.151 e. The van der Waals surface area contributed by atoms with Crippen LogP contribution in [0.1, 0.15) is 25.5 Å². The molecule has 1 N–H and O–H groups in total. The number of nitrogens with zero attached hydrogens (tertiary/aromatic N) is 3. The molecule has 0 aliphatic rings. The molecule has 0 aromatic carbocycles. The predicted octanol–water partition coefficient (Wildman–Crippen LogP) is 1.72. The van der Waals surface area contributed by atoms with Crippen LogP contribution in [0.2, 0.25) is 5.15 Å². The van der Waals surface area contributed by atoms with Crippen LogP contribution < -0.4 is 0 Å². The van der Waals surface area contributed by atoms with Crippen molar-refractivity contribution in [3.8, 4) is 0 Å². The minimum atomic E-state index is 0.171. The van der Waals surface area contributed by atoms with Gasteiger partial charge in [-0.25, -0.2) is 0 Å². The topological polar surface area (TPSA) is 49.2 Å². The highest BCUT2D eigenvalue weighted by atomic mass is 35.5. The van der Waals surface area contributed by atoms with E-state index in [-0.39, 0.29) is 6.61 Å². The average Bonchev–Trinajstić information content (AvgIpc) is 2.29. The molecule has 16 heavy (non-hydrogen) atoms. The van der Waals surface area contributed by atoms with E-state index in [1.165, 1.54) is 0 Å². The second kappa shape index (κ2) is 7.54. The fraction of sp³-hybridized carbons (Fsp3) is 0.636. The molecule has 0 saturated heterocycles. The van der Waals surface area contributed by atoms with Gasteiger partial charge in [-0.2, -0.15) is 5.10 Å². The molecule has 5 heteroatoms. The molecule has 1 rings (SSSR count). The highest BCUT2D eigenvalue weighted by molar-refractivity contribution is 6.29. The third-order valence-electron chi connectivity index (χ3n) is 2.32. The summed E-state index contributed by atoms with van der Waals surface area (Å²) in [5, 5.41) is 17.2. The van der Waals surface area contributed by atoms with Gasteiger partial charge in [-0.3, -0.25) is 4.90 Å². The van der Waals surface area contributed by atoms with E-state index in [4.69, 9.17) is 16.7 Å². The SMILES string of the molecule is CCCCN(CCO)Cc1ccc(Cl)nn1. The lowest BCUT2D eigenvalue weighted by molar-refractivity contribution is 0.186. The van der Waals surface area contributed by atoms with Gasteiger partial charge in [0.15, 0.2) is 5.15 Å². The zero-order valence-corrected chi connectivity index (χ0v) is 10.3. The quantitative estimate of drug-likeness (QED) is 0.792.